The zero-order valence-electron chi connectivity index (χ0n) is 15.1. The molecule has 0 bridgehead atoms. The molecule has 1 saturated heterocycles. The Morgan fingerprint density at radius 3 is 2.48 bits per heavy atom. The topological polar surface area (TPSA) is 52.7 Å². The first-order chi connectivity index (χ1) is 12.7. The molecule has 27 heavy (non-hydrogen) atoms. The minimum Gasteiger partial charge on any atom is -0.352 e. The van der Waals surface area contributed by atoms with Gasteiger partial charge in [0, 0.05) is 49.2 Å². The number of benzene rings is 1. The molecule has 1 aliphatic heterocycles. The lowest BCUT2D eigenvalue weighted by atomic mass is 10.1. The average Bonchev–Trinajstić information content (AvgIpc) is 2.59. The molecule has 1 heterocycles. The van der Waals surface area contributed by atoms with E-state index in [9.17, 15) is 22.8 Å². The van der Waals surface area contributed by atoms with E-state index in [1.54, 1.807) is 36.1 Å². The van der Waals surface area contributed by atoms with Crippen molar-refractivity contribution in [2.24, 2.45) is 0 Å². The molecule has 1 N–H and O–H groups in total. The molecule has 1 atom stereocenters. The lowest BCUT2D eigenvalue weighted by molar-refractivity contribution is -0.157. The maximum Gasteiger partial charge on any atom is 0.401 e. The Kier molecular flexibility index (Phi) is 7.49. The van der Waals surface area contributed by atoms with Gasteiger partial charge in [-0.25, -0.2) is 0 Å². The number of piperazine rings is 1. The molecule has 1 fully saturated rings. The standard InChI is InChI=1S/C18H23ClF3N3O2/c1-13-11-24(9-10-25(13)12-18(20,21)22)16(26)3-2-8-23-17(27)14-4-6-15(19)7-5-14/h4-7,13H,2-3,8-12H2,1H3,(H,23,27). The van der Waals surface area contributed by atoms with Gasteiger partial charge in [-0.05, 0) is 37.6 Å². The van der Waals surface area contributed by atoms with Crippen LogP contribution in [0.25, 0.3) is 0 Å². The van der Waals surface area contributed by atoms with Gasteiger partial charge in [0.25, 0.3) is 5.91 Å². The normalized spacial score (nSPS) is 18.4. The first-order valence-corrected chi connectivity index (χ1v) is 9.16. The van der Waals surface area contributed by atoms with Gasteiger partial charge in [-0.3, -0.25) is 14.5 Å². The van der Waals surface area contributed by atoms with Crippen molar-refractivity contribution in [1.29, 1.82) is 0 Å². The zero-order valence-corrected chi connectivity index (χ0v) is 15.8. The van der Waals surface area contributed by atoms with Gasteiger partial charge in [-0.1, -0.05) is 11.6 Å². The van der Waals surface area contributed by atoms with Crippen molar-refractivity contribution in [3.05, 3.63) is 34.9 Å². The number of carbonyl (C=O) groups is 2. The average molecular weight is 406 g/mol. The first kappa shape index (κ1) is 21.5. The van der Waals surface area contributed by atoms with Crippen molar-refractivity contribution in [3.8, 4) is 0 Å². The number of nitrogens with zero attached hydrogens (tertiary/aromatic N) is 2. The van der Waals surface area contributed by atoms with E-state index in [0.29, 0.717) is 23.6 Å². The Morgan fingerprint density at radius 2 is 1.89 bits per heavy atom. The van der Waals surface area contributed by atoms with Crippen LogP contribution in [0.1, 0.15) is 30.1 Å². The summed E-state index contributed by atoms with van der Waals surface area (Å²) < 4.78 is 37.6. The van der Waals surface area contributed by atoms with Crippen molar-refractivity contribution in [2.45, 2.75) is 32.0 Å². The van der Waals surface area contributed by atoms with Gasteiger partial charge in [-0.15, -0.1) is 0 Å². The van der Waals surface area contributed by atoms with Gasteiger partial charge in [0.2, 0.25) is 5.91 Å². The molecule has 150 valence electrons. The van der Waals surface area contributed by atoms with E-state index in [1.165, 1.54) is 4.90 Å². The minimum atomic E-state index is -4.23. The summed E-state index contributed by atoms with van der Waals surface area (Å²) in [7, 11) is 0. The van der Waals surface area contributed by atoms with Crippen LogP contribution in [0.4, 0.5) is 13.2 Å². The Hall–Kier alpha value is -1.80. The largest absolute Gasteiger partial charge is 0.401 e. The Balaban J connectivity index is 1.69. The van der Waals surface area contributed by atoms with Crippen LogP contribution in [0, 0.1) is 0 Å². The molecule has 1 unspecified atom stereocenters. The van der Waals surface area contributed by atoms with Crippen LogP contribution in [0.15, 0.2) is 24.3 Å². The summed E-state index contributed by atoms with van der Waals surface area (Å²) in [5, 5.41) is 3.28. The van der Waals surface area contributed by atoms with E-state index in [1.807, 2.05) is 0 Å². The van der Waals surface area contributed by atoms with Gasteiger partial charge in [0.1, 0.15) is 0 Å². The summed E-state index contributed by atoms with van der Waals surface area (Å²) in [5.74, 6) is -0.345. The molecule has 0 spiro atoms. The molecule has 1 aliphatic rings. The van der Waals surface area contributed by atoms with E-state index in [0.717, 1.165) is 0 Å². The molecule has 5 nitrogen and oxygen atoms in total. The second-order valence-electron chi connectivity index (χ2n) is 6.64. The van der Waals surface area contributed by atoms with E-state index >= 15 is 0 Å². The molecule has 1 aromatic carbocycles. The first-order valence-electron chi connectivity index (χ1n) is 8.78. The van der Waals surface area contributed by atoms with Crippen LogP contribution in [0.3, 0.4) is 0 Å². The number of hydrogen-bond acceptors (Lipinski definition) is 3. The van der Waals surface area contributed by atoms with Gasteiger partial charge in [0.05, 0.1) is 6.54 Å². The SMILES string of the molecule is CC1CN(C(=O)CCCNC(=O)c2ccc(Cl)cc2)CCN1CC(F)(F)F. The second kappa shape index (κ2) is 9.41. The van der Waals surface area contributed by atoms with Crippen LogP contribution in [-0.4, -0.2) is 66.6 Å². The van der Waals surface area contributed by atoms with Crippen LogP contribution < -0.4 is 5.32 Å². The molecule has 1 aromatic rings. The third-order valence-electron chi connectivity index (χ3n) is 4.46. The van der Waals surface area contributed by atoms with E-state index < -0.39 is 12.7 Å². The Labute approximate surface area is 161 Å². The van der Waals surface area contributed by atoms with Crippen molar-refractivity contribution < 1.29 is 22.8 Å². The third-order valence-corrected chi connectivity index (χ3v) is 4.71. The van der Waals surface area contributed by atoms with E-state index in [-0.39, 0.29) is 43.9 Å². The summed E-state index contributed by atoms with van der Waals surface area (Å²) >= 11 is 5.77. The minimum absolute atomic E-state index is 0.103. The van der Waals surface area contributed by atoms with Crippen LogP contribution in [0.2, 0.25) is 5.02 Å². The summed E-state index contributed by atoms with van der Waals surface area (Å²) in [6.45, 7) is 1.86. The molecule has 9 heteroatoms. The number of carbonyl (C=O) groups excluding carboxylic acids is 2. The van der Waals surface area contributed by atoms with Crippen molar-refractivity contribution in [3.63, 3.8) is 0 Å². The highest BCUT2D eigenvalue weighted by Crippen LogP contribution is 2.20. The fourth-order valence-electron chi connectivity index (χ4n) is 2.99. The number of halogens is 4. The number of alkyl halides is 3. The maximum absolute atomic E-state index is 12.5. The molecule has 0 radical (unpaired) electrons. The van der Waals surface area contributed by atoms with E-state index in [4.69, 9.17) is 11.6 Å². The molecular weight excluding hydrogens is 383 g/mol. The number of nitrogens with one attached hydrogen (secondary N) is 1. The van der Waals surface area contributed by atoms with E-state index in [2.05, 4.69) is 5.32 Å². The lowest BCUT2D eigenvalue weighted by Crippen LogP contribution is -2.55. The van der Waals surface area contributed by atoms with Crippen LogP contribution in [0.5, 0.6) is 0 Å². The van der Waals surface area contributed by atoms with Crippen LogP contribution in [-0.2, 0) is 4.79 Å². The monoisotopic (exact) mass is 405 g/mol. The van der Waals surface area contributed by atoms with Gasteiger partial charge >= 0.3 is 6.18 Å². The van der Waals surface area contributed by atoms with Crippen molar-refractivity contribution in [2.75, 3.05) is 32.7 Å². The molecule has 2 amide bonds. The maximum atomic E-state index is 12.5. The number of rotatable bonds is 6. The Bertz CT molecular complexity index is 652. The predicted molar refractivity (Wildman–Crippen MR) is 96.7 cm³/mol. The zero-order chi connectivity index (χ0) is 20.0. The van der Waals surface area contributed by atoms with Gasteiger partial charge in [0.15, 0.2) is 0 Å². The van der Waals surface area contributed by atoms with Crippen LogP contribution >= 0.6 is 11.6 Å². The highest BCUT2D eigenvalue weighted by Gasteiger charge is 2.35. The van der Waals surface area contributed by atoms with Gasteiger partial charge in [-0.2, -0.15) is 13.2 Å². The predicted octanol–water partition coefficient (Wildman–Crippen LogP) is 2.95. The lowest BCUT2D eigenvalue weighted by Gasteiger charge is -2.40. The second-order valence-corrected chi connectivity index (χ2v) is 7.08. The fraction of sp³-hybridized carbons (Fsp3) is 0.556. The fourth-order valence-corrected chi connectivity index (χ4v) is 3.12. The summed E-state index contributed by atoms with van der Waals surface area (Å²) in [5.41, 5.74) is 0.486. The van der Waals surface area contributed by atoms with Crippen molar-refractivity contribution >= 4 is 23.4 Å². The van der Waals surface area contributed by atoms with Crippen molar-refractivity contribution in [1.82, 2.24) is 15.1 Å². The molecule has 0 saturated carbocycles. The highest BCUT2D eigenvalue weighted by atomic mass is 35.5. The molecule has 0 aromatic heterocycles. The highest BCUT2D eigenvalue weighted by molar-refractivity contribution is 6.30. The Morgan fingerprint density at radius 1 is 1.22 bits per heavy atom. The third kappa shape index (κ3) is 7.03. The summed E-state index contributed by atoms with van der Waals surface area (Å²) in [4.78, 5) is 27.1. The molecule has 0 aliphatic carbocycles. The molecular formula is C18H23ClF3N3O2. The van der Waals surface area contributed by atoms with Gasteiger partial charge < -0.3 is 10.2 Å². The number of amides is 2. The smallest absolute Gasteiger partial charge is 0.352 e. The summed E-state index contributed by atoms with van der Waals surface area (Å²) in [6, 6.07) is 6.14. The number of hydrogen-bond donors (Lipinski definition) is 1. The summed E-state index contributed by atoms with van der Waals surface area (Å²) in [6.07, 6.45) is -3.52. The molecule has 2 rings (SSSR count). The quantitative estimate of drug-likeness (QED) is 0.740.